The van der Waals surface area contributed by atoms with Crippen molar-refractivity contribution in [2.75, 3.05) is 40.9 Å². The van der Waals surface area contributed by atoms with Crippen LogP contribution in [0.15, 0.2) is 134 Å². The van der Waals surface area contributed by atoms with Gasteiger partial charge in [-0.05, 0) is 122 Å². The van der Waals surface area contributed by atoms with Crippen molar-refractivity contribution in [3.8, 4) is 0 Å². The number of hydrogen-bond acceptors (Lipinski definition) is 7. The smallest absolute Gasteiger partial charge is 0.306 e. The lowest BCUT2D eigenvalue weighted by Gasteiger charge is -2.30. The van der Waals surface area contributed by atoms with E-state index in [-0.39, 0.29) is 24.9 Å². The molecule has 0 aliphatic rings. The molecule has 3 unspecified atom stereocenters. The van der Waals surface area contributed by atoms with Crippen molar-refractivity contribution in [1.82, 2.24) is 5.32 Å². The summed E-state index contributed by atoms with van der Waals surface area (Å²) in [6, 6.07) is -0.916. The third-order valence-corrected chi connectivity index (χ3v) is 15.0. The number of ether oxygens (including phenoxy) is 1. The zero-order chi connectivity index (χ0) is 60.7. The summed E-state index contributed by atoms with van der Waals surface area (Å²) in [5.74, 6) is -0.592. The number of likely N-dealkylation sites (N-methyl/N-ethyl adjacent to an activating group) is 1. The summed E-state index contributed by atoms with van der Waals surface area (Å²) >= 11 is 0. The Labute approximate surface area is 511 Å². The second kappa shape index (κ2) is 61.2. The molecule has 0 aliphatic heterocycles. The van der Waals surface area contributed by atoms with Crippen LogP contribution in [0, 0.1) is 0 Å². The van der Waals surface area contributed by atoms with Crippen LogP contribution in [-0.4, -0.2) is 69.4 Å². The maximum absolute atomic E-state index is 13.6. The molecule has 0 aromatic rings. The summed E-state index contributed by atoms with van der Waals surface area (Å²) in [5, 5.41) is 3.02. The van der Waals surface area contributed by atoms with E-state index in [0.29, 0.717) is 23.9 Å². The molecular weight excluding hydrogens is 1050 g/mol. The number of allylic oxidation sites excluding steroid dienone is 21. The van der Waals surface area contributed by atoms with Gasteiger partial charge in [-0.15, -0.1) is 0 Å². The number of rotatable bonds is 59. The summed E-state index contributed by atoms with van der Waals surface area (Å²) in [4.78, 5) is 40.1. The molecule has 83 heavy (non-hydrogen) atoms. The van der Waals surface area contributed by atoms with Crippen molar-refractivity contribution < 1.29 is 37.3 Å². The SMILES string of the molecule is CC/C=C\C/C=C\C/C=C\C/C=C\C/C=C\CCCCCCCCCCCC(=O)NC(COP(=O)([O-])OCC[N+](C)(C)C)C(/C=C\CCCCCCCCCCCCC)OC(=O)CCCCC/C=C\C/C=C\C/C=C\C/C=C\C/C=C\CC. The Morgan fingerprint density at radius 2 is 0.771 bits per heavy atom. The first kappa shape index (κ1) is 79.2. The summed E-state index contributed by atoms with van der Waals surface area (Å²) in [6.45, 7) is 6.59. The molecule has 0 bridgehead atoms. The highest BCUT2D eigenvalue weighted by molar-refractivity contribution is 7.45. The van der Waals surface area contributed by atoms with Crippen LogP contribution < -0.4 is 10.2 Å². The molecule has 0 rings (SSSR count). The van der Waals surface area contributed by atoms with Crippen LogP contribution in [0.1, 0.15) is 265 Å². The van der Waals surface area contributed by atoms with Crippen molar-refractivity contribution in [2.45, 2.75) is 277 Å². The fraction of sp³-hybridized carbons (Fsp3) is 0.671. The second-order valence-corrected chi connectivity index (χ2v) is 24.6. The molecule has 10 heteroatoms. The third-order valence-electron chi connectivity index (χ3n) is 14.1. The zero-order valence-electron chi connectivity index (χ0n) is 54.1. The average molecular weight is 1170 g/mol. The van der Waals surface area contributed by atoms with Crippen molar-refractivity contribution in [3.05, 3.63) is 134 Å². The quantitative estimate of drug-likeness (QED) is 0.0212. The monoisotopic (exact) mass is 1170 g/mol. The van der Waals surface area contributed by atoms with Crippen LogP contribution in [0.3, 0.4) is 0 Å². The van der Waals surface area contributed by atoms with Crippen LogP contribution in [0.25, 0.3) is 0 Å². The second-order valence-electron chi connectivity index (χ2n) is 23.2. The van der Waals surface area contributed by atoms with Crippen molar-refractivity contribution >= 4 is 19.7 Å². The van der Waals surface area contributed by atoms with Gasteiger partial charge in [0.15, 0.2) is 0 Å². The molecule has 0 radical (unpaired) electrons. The number of carbonyl (C=O) groups excluding carboxylic acids is 2. The van der Waals surface area contributed by atoms with Gasteiger partial charge in [0, 0.05) is 12.8 Å². The van der Waals surface area contributed by atoms with Gasteiger partial charge in [-0.2, -0.15) is 0 Å². The predicted octanol–water partition coefficient (Wildman–Crippen LogP) is 20.6. The largest absolute Gasteiger partial charge is 0.756 e. The minimum Gasteiger partial charge on any atom is -0.756 e. The highest BCUT2D eigenvalue weighted by Gasteiger charge is 2.27. The van der Waals surface area contributed by atoms with E-state index in [0.717, 1.165) is 135 Å². The summed E-state index contributed by atoms with van der Waals surface area (Å²) in [7, 11) is 1.14. The number of quaternary nitrogens is 1. The van der Waals surface area contributed by atoms with Crippen molar-refractivity contribution in [3.63, 3.8) is 0 Å². The van der Waals surface area contributed by atoms with E-state index in [1.807, 2.05) is 33.3 Å². The van der Waals surface area contributed by atoms with Gasteiger partial charge in [-0.25, -0.2) is 0 Å². The Morgan fingerprint density at radius 3 is 1.17 bits per heavy atom. The van der Waals surface area contributed by atoms with Gasteiger partial charge in [0.1, 0.15) is 19.3 Å². The van der Waals surface area contributed by atoms with Crippen LogP contribution in [-0.2, 0) is 27.9 Å². The van der Waals surface area contributed by atoms with Gasteiger partial charge in [-0.3, -0.25) is 14.2 Å². The molecule has 474 valence electrons. The zero-order valence-corrected chi connectivity index (χ0v) is 55.0. The van der Waals surface area contributed by atoms with Gasteiger partial charge < -0.3 is 28.5 Å². The van der Waals surface area contributed by atoms with Crippen LogP contribution >= 0.6 is 7.82 Å². The van der Waals surface area contributed by atoms with Crippen molar-refractivity contribution in [2.24, 2.45) is 0 Å². The Hall–Kier alpha value is -3.85. The fourth-order valence-corrected chi connectivity index (χ4v) is 9.71. The van der Waals surface area contributed by atoms with Gasteiger partial charge in [-0.1, -0.05) is 264 Å². The molecule has 0 aliphatic carbocycles. The van der Waals surface area contributed by atoms with Gasteiger partial charge >= 0.3 is 5.97 Å². The Bertz CT molecular complexity index is 1880. The lowest BCUT2D eigenvalue weighted by Crippen LogP contribution is -2.47. The first-order valence-corrected chi connectivity index (χ1v) is 35.0. The first-order valence-electron chi connectivity index (χ1n) is 33.5. The minimum absolute atomic E-state index is 0.0362. The molecule has 3 atom stereocenters. The maximum atomic E-state index is 13.6. The number of amides is 1. The minimum atomic E-state index is -4.72. The highest BCUT2D eigenvalue weighted by atomic mass is 31.2. The standard InChI is InChI=1S/C73H125N2O7P/c1-7-10-13-16-19-22-25-28-30-32-34-35-36-37-38-39-41-42-44-47-50-53-56-59-62-65-72(76)74-70(69-81-83(78,79)80-68-67-75(4,5)6)71(64-61-58-55-52-49-46-27-24-21-18-15-12-9-3)82-73(77)66-63-60-57-54-51-48-45-43-40-33-31-29-26-23-20-17-14-11-8-2/h10-11,13-14,19-20,22-23,28-31,34-35,37-38,40,43,48,51,61,64,70-71H,7-9,12,15-18,21,24-27,32-33,36,39,41-42,44-47,49-50,52-60,62-63,65-69H2,1-6H3,(H-,74,76,78,79)/b13-10-,14-11-,22-19-,23-20-,30-28-,31-29-,35-34-,38-37-,43-40-,51-48-,64-61-. The van der Waals surface area contributed by atoms with E-state index in [1.54, 1.807) is 0 Å². The number of carbonyl (C=O) groups is 2. The molecule has 0 aromatic carbocycles. The molecule has 9 nitrogen and oxygen atoms in total. The molecule has 0 fully saturated rings. The molecule has 0 saturated carbocycles. The maximum Gasteiger partial charge on any atom is 0.306 e. The Kier molecular flexibility index (Phi) is 58.4. The molecule has 0 saturated heterocycles. The van der Waals surface area contributed by atoms with Gasteiger partial charge in [0.2, 0.25) is 5.91 Å². The number of nitrogens with zero attached hydrogens (tertiary/aromatic N) is 1. The molecule has 0 heterocycles. The predicted molar refractivity (Wildman–Crippen MR) is 357 cm³/mol. The molecule has 1 N–H and O–H groups in total. The molecule has 0 spiro atoms. The summed E-state index contributed by atoms with van der Waals surface area (Å²) in [6.07, 6.45) is 87.1. The summed E-state index contributed by atoms with van der Waals surface area (Å²) in [5.41, 5.74) is 0. The number of unbranched alkanes of at least 4 members (excludes halogenated alkanes) is 23. The Balaban J connectivity index is 5.25. The van der Waals surface area contributed by atoms with Crippen LogP contribution in [0.4, 0.5) is 0 Å². The molecule has 1 amide bonds. The van der Waals surface area contributed by atoms with Gasteiger partial charge in [0.25, 0.3) is 7.82 Å². The average Bonchev–Trinajstić information content (AvgIpc) is 3.46. The van der Waals surface area contributed by atoms with E-state index in [9.17, 15) is 19.0 Å². The van der Waals surface area contributed by atoms with E-state index in [1.165, 1.54) is 89.9 Å². The lowest BCUT2D eigenvalue weighted by atomic mass is 10.0. The number of phosphoric ester groups is 1. The van der Waals surface area contributed by atoms with E-state index >= 15 is 0 Å². The van der Waals surface area contributed by atoms with E-state index in [2.05, 4.69) is 148 Å². The number of esters is 1. The van der Waals surface area contributed by atoms with E-state index in [4.69, 9.17) is 13.8 Å². The molecular formula is C73H125N2O7P. The van der Waals surface area contributed by atoms with Crippen LogP contribution in [0.5, 0.6) is 0 Å². The third kappa shape index (κ3) is 62.5. The normalized spacial score (nSPS) is 14.4. The van der Waals surface area contributed by atoms with Crippen molar-refractivity contribution in [1.29, 1.82) is 0 Å². The number of phosphoric acid groups is 1. The molecule has 0 aromatic heterocycles. The van der Waals surface area contributed by atoms with Gasteiger partial charge in [0.05, 0.1) is 33.8 Å². The summed E-state index contributed by atoms with van der Waals surface area (Å²) < 4.78 is 30.4. The lowest BCUT2D eigenvalue weighted by molar-refractivity contribution is -0.870. The highest BCUT2D eigenvalue weighted by Crippen LogP contribution is 2.38. The van der Waals surface area contributed by atoms with E-state index < -0.39 is 26.6 Å². The first-order chi connectivity index (χ1) is 40.4. The topological polar surface area (TPSA) is 114 Å². The fourth-order valence-electron chi connectivity index (χ4n) is 8.99. The van der Waals surface area contributed by atoms with Crippen LogP contribution in [0.2, 0.25) is 0 Å². The Morgan fingerprint density at radius 1 is 0.434 bits per heavy atom. The number of hydrogen-bond donors (Lipinski definition) is 1. The number of nitrogens with one attached hydrogen (secondary N) is 1.